The van der Waals surface area contributed by atoms with Gasteiger partial charge >= 0.3 is 12.4 Å². The van der Waals surface area contributed by atoms with Gasteiger partial charge in [0.05, 0.1) is 18.2 Å². The molecule has 4 atom stereocenters. The highest BCUT2D eigenvalue weighted by atomic mass is 19.4. The van der Waals surface area contributed by atoms with E-state index in [4.69, 9.17) is 0 Å². The number of nitrogens with one attached hydrogen (secondary N) is 1. The van der Waals surface area contributed by atoms with Gasteiger partial charge < -0.3 is 25.2 Å². The number of urea groups is 1. The summed E-state index contributed by atoms with van der Waals surface area (Å²) in [6.07, 6.45) is -0.476. The van der Waals surface area contributed by atoms with Gasteiger partial charge in [-0.1, -0.05) is 61.0 Å². The third-order valence-electron chi connectivity index (χ3n) is 11.4. The first kappa shape index (κ1) is 40.6. The molecule has 3 aliphatic carbocycles. The highest BCUT2D eigenvalue weighted by molar-refractivity contribution is 6.10. The van der Waals surface area contributed by atoms with Crippen LogP contribution in [0.15, 0.2) is 103 Å². The van der Waals surface area contributed by atoms with Crippen molar-refractivity contribution in [2.45, 2.75) is 89.3 Å². The Morgan fingerprint density at radius 2 is 1.66 bits per heavy atom. The number of allylic oxidation sites excluding steroid dienone is 2. The second-order valence-corrected chi connectivity index (χ2v) is 15.2. The lowest BCUT2D eigenvalue weighted by atomic mass is 9.64. The molecule has 2 amide bonds. The molecule has 12 heteroatoms. The largest absolute Gasteiger partial charge is 0.573 e. The van der Waals surface area contributed by atoms with E-state index < -0.39 is 58.6 Å². The second-order valence-electron chi connectivity index (χ2n) is 15.2. The van der Waals surface area contributed by atoms with E-state index in [-0.39, 0.29) is 37.1 Å². The maximum absolute atomic E-state index is 14.4. The number of benzene rings is 4. The number of alkyl halides is 3. The minimum absolute atomic E-state index is 0.0482. The number of aliphatic hydroxyl groups excluding tert-OH is 1. The topological polar surface area (TPSA) is 99.1 Å². The van der Waals surface area contributed by atoms with Gasteiger partial charge in [0.1, 0.15) is 5.75 Å². The van der Waals surface area contributed by atoms with E-state index in [1.165, 1.54) is 23.1 Å². The molecule has 3 aliphatic rings. The fraction of sp³-hybridized carbons (Fsp3) is 0.364. The molecule has 1 fully saturated rings. The summed E-state index contributed by atoms with van der Waals surface area (Å²) in [5, 5.41) is 26.7. The van der Waals surface area contributed by atoms with Crippen molar-refractivity contribution in [3.63, 3.8) is 0 Å². The molecule has 0 spiro atoms. The van der Waals surface area contributed by atoms with Gasteiger partial charge in [-0.05, 0) is 123 Å². The molecular formula is C44H45F5N2O5. The number of rotatable bonds is 8. The zero-order valence-corrected chi connectivity index (χ0v) is 31.2. The van der Waals surface area contributed by atoms with Gasteiger partial charge in [-0.25, -0.2) is 13.6 Å². The third kappa shape index (κ3) is 9.30. The van der Waals surface area contributed by atoms with Crippen LogP contribution in [0.5, 0.6) is 5.75 Å². The Hall–Kier alpha value is -5.07. The Kier molecular flexibility index (Phi) is 12.0. The zero-order valence-electron chi connectivity index (χ0n) is 31.2. The lowest BCUT2D eigenvalue weighted by Gasteiger charge is -2.46. The van der Waals surface area contributed by atoms with Crippen LogP contribution in [0.2, 0.25) is 0 Å². The summed E-state index contributed by atoms with van der Waals surface area (Å²) in [6, 6.07) is 21.7. The number of hydrogen-bond acceptors (Lipinski definition) is 5. The van der Waals surface area contributed by atoms with E-state index in [1.807, 2.05) is 26.0 Å². The fourth-order valence-electron chi connectivity index (χ4n) is 8.25. The number of ether oxygens (including phenoxy) is 1. The summed E-state index contributed by atoms with van der Waals surface area (Å²) < 4.78 is 71.1. The lowest BCUT2D eigenvalue weighted by Crippen LogP contribution is -2.54. The molecule has 56 heavy (non-hydrogen) atoms. The molecule has 0 saturated heterocycles. The molecule has 7 rings (SSSR count). The maximum Gasteiger partial charge on any atom is 0.573 e. The summed E-state index contributed by atoms with van der Waals surface area (Å²) in [5.74, 6) is -3.63. The number of halogens is 5. The quantitative estimate of drug-likeness (QED) is 0.0941. The van der Waals surface area contributed by atoms with Crippen LogP contribution in [-0.4, -0.2) is 51.5 Å². The van der Waals surface area contributed by atoms with Crippen LogP contribution in [0.4, 0.5) is 32.4 Å². The molecule has 0 aliphatic heterocycles. The summed E-state index contributed by atoms with van der Waals surface area (Å²) in [6.45, 7) is 3.70. The van der Waals surface area contributed by atoms with Gasteiger partial charge in [-0.2, -0.15) is 0 Å². The highest BCUT2D eigenvalue weighted by Crippen LogP contribution is 2.59. The molecule has 7 nitrogen and oxygen atoms in total. The van der Waals surface area contributed by atoms with Gasteiger partial charge in [0.25, 0.3) is 0 Å². The van der Waals surface area contributed by atoms with Gasteiger partial charge in [0.15, 0.2) is 17.4 Å². The number of aliphatic hydroxyl groups is 2. The van der Waals surface area contributed by atoms with Crippen molar-refractivity contribution in [2.24, 2.45) is 5.41 Å². The van der Waals surface area contributed by atoms with Crippen molar-refractivity contribution in [3.05, 3.63) is 142 Å². The van der Waals surface area contributed by atoms with Gasteiger partial charge in [0, 0.05) is 28.8 Å². The van der Waals surface area contributed by atoms with Crippen molar-refractivity contribution in [2.75, 3.05) is 11.9 Å². The number of anilines is 1. The van der Waals surface area contributed by atoms with Crippen LogP contribution >= 0.6 is 0 Å². The number of fused-ring (bicyclic) bond motifs is 8. The van der Waals surface area contributed by atoms with E-state index in [9.17, 15) is 41.8 Å². The first-order valence-corrected chi connectivity index (χ1v) is 18.7. The molecule has 3 N–H and O–H groups in total. The summed E-state index contributed by atoms with van der Waals surface area (Å²) >= 11 is 0. The Bertz CT molecular complexity index is 2070. The molecule has 4 unspecified atom stereocenters. The van der Waals surface area contributed by atoms with E-state index in [0.717, 1.165) is 29.8 Å². The second kappa shape index (κ2) is 16.6. The van der Waals surface area contributed by atoms with Crippen LogP contribution in [0.25, 0.3) is 0 Å². The average molecular weight is 777 g/mol. The van der Waals surface area contributed by atoms with Gasteiger partial charge in [-0.15, -0.1) is 13.2 Å². The molecule has 1 saturated carbocycles. The first-order valence-electron chi connectivity index (χ1n) is 18.7. The molecule has 2 bridgehead atoms. The molecule has 296 valence electrons. The molecule has 0 heterocycles. The predicted molar refractivity (Wildman–Crippen MR) is 202 cm³/mol. The van der Waals surface area contributed by atoms with E-state index in [2.05, 4.69) is 16.1 Å². The smallest absolute Gasteiger partial charge is 0.406 e. The van der Waals surface area contributed by atoms with Crippen molar-refractivity contribution in [3.8, 4) is 5.75 Å². The number of nitrogens with zero attached hydrogens (tertiary/aromatic N) is 1. The molecule has 0 radical (unpaired) electrons. The van der Waals surface area contributed by atoms with Crippen LogP contribution in [0.3, 0.4) is 0 Å². The standard InChI is InChI=1S/C44H45F5N2O5/c1-28-7-6-21-42(2)37(35-18-13-30(23-33(52)15-10-28)24-36(35)40(53)31-14-19-38(45)39(46)25-31)20-22-43(42,55)27-51(41(54)50-32-8-4-3-5-9-32)26-29-11-16-34(17-12-29)56-44(47,48)49/h3-5,7-9,11-14,16-19,24-25,33,37,52,55H,6,10,15,20-23,26-27H2,1-2H3,(H,50,54). The maximum atomic E-state index is 14.4. The Morgan fingerprint density at radius 3 is 2.36 bits per heavy atom. The van der Waals surface area contributed by atoms with E-state index in [0.29, 0.717) is 54.5 Å². The zero-order chi connectivity index (χ0) is 40.3. The number of hydrogen-bond donors (Lipinski definition) is 3. The summed E-state index contributed by atoms with van der Waals surface area (Å²) in [5.41, 5.74) is 1.07. The van der Waals surface area contributed by atoms with Crippen molar-refractivity contribution in [1.29, 1.82) is 0 Å². The molecule has 0 aromatic heterocycles. The number of amides is 2. The van der Waals surface area contributed by atoms with E-state index in [1.54, 1.807) is 36.4 Å². The van der Waals surface area contributed by atoms with Crippen LogP contribution in [0.1, 0.15) is 90.9 Å². The Labute approximate surface area is 322 Å². The van der Waals surface area contributed by atoms with Crippen LogP contribution < -0.4 is 10.1 Å². The lowest BCUT2D eigenvalue weighted by molar-refractivity contribution is -0.274. The molecule has 4 aromatic rings. The predicted octanol–water partition coefficient (Wildman–Crippen LogP) is 9.87. The monoisotopic (exact) mass is 776 g/mol. The molecular weight excluding hydrogens is 731 g/mol. The number of carbonyl (C=O) groups is 2. The number of carbonyl (C=O) groups excluding carboxylic acids is 2. The Balaban J connectivity index is 1.41. The summed E-state index contributed by atoms with van der Waals surface area (Å²) in [4.78, 5) is 29.7. The Morgan fingerprint density at radius 1 is 0.929 bits per heavy atom. The van der Waals surface area contributed by atoms with E-state index >= 15 is 0 Å². The fourth-order valence-corrected chi connectivity index (χ4v) is 8.25. The molecule has 4 aromatic carbocycles. The van der Waals surface area contributed by atoms with Crippen molar-refractivity contribution in [1.82, 2.24) is 4.90 Å². The summed E-state index contributed by atoms with van der Waals surface area (Å²) in [7, 11) is 0. The normalized spacial score (nSPS) is 22.8. The first-order chi connectivity index (χ1) is 26.5. The van der Waals surface area contributed by atoms with Crippen LogP contribution in [-0.2, 0) is 13.0 Å². The van der Waals surface area contributed by atoms with Gasteiger partial charge in [0.2, 0.25) is 0 Å². The third-order valence-corrected chi connectivity index (χ3v) is 11.4. The highest BCUT2D eigenvalue weighted by Gasteiger charge is 2.57. The SMILES string of the molecule is CC1=CCCC2(C)C(CCC2(O)CN(Cc2ccc(OC(F)(F)F)cc2)C(=O)Nc2ccccc2)c2ccc(cc2C(=O)c2ccc(F)c(F)c2)CC(O)CC1. The van der Waals surface area contributed by atoms with Crippen molar-refractivity contribution >= 4 is 17.5 Å². The number of para-hydroxylation sites is 1. The van der Waals surface area contributed by atoms with Gasteiger partial charge in [-0.3, -0.25) is 4.79 Å². The van der Waals surface area contributed by atoms with Crippen LogP contribution in [0, 0.1) is 17.0 Å². The minimum Gasteiger partial charge on any atom is -0.406 e. The number of ketones is 1. The average Bonchev–Trinajstić information content (AvgIpc) is 3.40. The minimum atomic E-state index is -4.87. The van der Waals surface area contributed by atoms with Crippen molar-refractivity contribution < 1.29 is 46.5 Å².